The van der Waals surface area contributed by atoms with Crippen molar-refractivity contribution in [1.29, 1.82) is 0 Å². The highest BCUT2D eigenvalue weighted by Crippen LogP contribution is 2.21. The van der Waals surface area contributed by atoms with E-state index in [-0.39, 0.29) is 12.1 Å². The Morgan fingerprint density at radius 2 is 1.50 bits per heavy atom. The van der Waals surface area contributed by atoms with Gasteiger partial charge in [0, 0.05) is 20.3 Å². The van der Waals surface area contributed by atoms with Gasteiger partial charge in [0.05, 0.1) is 6.10 Å². The van der Waals surface area contributed by atoms with Gasteiger partial charge in [-0.05, 0) is 31.9 Å². The molecule has 5 heteroatoms. The molecule has 4 nitrogen and oxygen atoms in total. The molecule has 0 saturated heterocycles. The van der Waals surface area contributed by atoms with Crippen molar-refractivity contribution < 1.29 is 18.4 Å². The standard InChI is InChI=1S/C19H38O4Si/c1-6-19(20)23-18(3)16-14-12-10-8-9-11-13-15-17-24(7-2,21-4)22-5/h6,18H,1,7-17H2,2-5H3. The fourth-order valence-corrected chi connectivity index (χ4v) is 5.24. The van der Waals surface area contributed by atoms with Crippen LogP contribution in [0.2, 0.25) is 12.1 Å². The molecular formula is C19H38O4Si. The smallest absolute Gasteiger partial charge is 0.337 e. The fraction of sp³-hybridized carbons (Fsp3) is 0.842. The second-order valence-electron chi connectivity index (χ2n) is 6.49. The summed E-state index contributed by atoms with van der Waals surface area (Å²) >= 11 is 0. The van der Waals surface area contributed by atoms with Crippen molar-refractivity contribution in [3.63, 3.8) is 0 Å². The monoisotopic (exact) mass is 358 g/mol. The minimum atomic E-state index is -1.87. The van der Waals surface area contributed by atoms with Gasteiger partial charge in [-0.25, -0.2) is 4.79 Å². The lowest BCUT2D eigenvalue weighted by atomic mass is 10.1. The Balaban J connectivity index is 3.46. The van der Waals surface area contributed by atoms with Crippen LogP contribution in [-0.4, -0.2) is 34.9 Å². The van der Waals surface area contributed by atoms with Gasteiger partial charge in [-0.15, -0.1) is 0 Å². The van der Waals surface area contributed by atoms with Gasteiger partial charge in [0.2, 0.25) is 0 Å². The molecule has 0 amide bonds. The largest absolute Gasteiger partial charge is 0.460 e. The van der Waals surface area contributed by atoms with Crippen molar-refractivity contribution >= 4 is 14.5 Å². The van der Waals surface area contributed by atoms with Crippen LogP contribution < -0.4 is 0 Å². The normalized spacial score (nSPS) is 12.8. The first-order valence-corrected chi connectivity index (χ1v) is 11.7. The molecule has 0 rings (SSSR count). The lowest BCUT2D eigenvalue weighted by Crippen LogP contribution is -2.38. The van der Waals surface area contributed by atoms with Crippen molar-refractivity contribution in [3.8, 4) is 0 Å². The molecule has 0 saturated carbocycles. The summed E-state index contributed by atoms with van der Waals surface area (Å²) in [6, 6.07) is 2.14. The van der Waals surface area contributed by atoms with Gasteiger partial charge in [0.15, 0.2) is 0 Å². The fourth-order valence-electron chi connectivity index (χ4n) is 2.95. The predicted molar refractivity (Wildman–Crippen MR) is 102 cm³/mol. The predicted octanol–water partition coefficient (Wildman–Crippen LogP) is 5.37. The second kappa shape index (κ2) is 14.7. The van der Waals surface area contributed by atoms with Crippen LogP contribution >= 0.6 is 0 Å². The molecule has 0 aliphatic carbocycles. The van der Waals surface area contributed by atoms with Gasteiger partial charge >= 0.3 is 14.5 Å². The molecule has 0 heterocycles. The molecule has 0 fully saturated rings. The third-order valence-electron chi connectivity index (χ3n) is 4.69. The van der Waals surface area contributed by atoms with Crippen molar-refractivity contribution in [1.82, 2.24) is 0 Å². The number of carbonyl (C=O) groups is 1. The average molecular weight is 359 g/mol. The molecule has 0 aromatic carbocycles. The van der Waals surface area contributed by atoms with Gasteiger partial charge in [0.25, 0.3) is 0 Å². The summed E-state index contributed by atoms with van der Waals surface area (Å²) in [5, 5.41) is 0. The Morgan fingerprint density at radius 1 is 1.00 bits per heavy atom. The number of carbonyl (C=O) groups excluding carboxylic acids is 1. The molecule has 0 radical (unpaired) electrons. The quantitative estimate of drug-likeness (QED) is 0.161. The molecule has 0 aliphatic rings. The Kier molecular flexibility index (Phi) is 14.3. The highest BCUT2D eigenvalue weighted by molar-refractivity contribution is 6.67. The first kappa shape index (κ1) is 23.3. The van der Waals surface area contributed by atoms with E-state index in [1.54, 1.807) is 14.2 Å². The Morgan fingerprint density at radius 3 is 1.96 bits per heavy atom. The highest BCUT2D eigenvalue weighted by atomic mass is 28.4. The van der Waals surface area contributed by atoms with E-state index in [1.807, 2.05) is 6.92 Å². The van der Waals surface area contributed by atoms with Crippen molar-refractivity contribution in [2.24, 2.45) is 0 Å². The summed E-state index contributed by atoms with van der Waals surface area (Å²) in [6.07, 6.45) is 12.2. The van der Waals surface area contributed by atoms with Gasteiger partial charge in [0.1, 0.15) is 0 Å². The molecule has 0 aliphatic heterocycles. The zero-order chi connectivity index (χ0) is 18.3. The van der Waals surface area contributed by atoms with Crippen molar-refractivity contribution in [2.75, 3.05) is 14.2 Å². The van der Waals surface area contributed by atoms with E-state index >= 15 is 0 Å². The average Bonchev–Trinajstić information content (AvgIpc) is 2.60. The molecule has 142 valence electrons. The first-order chi connectivity index (χ1) is 11.5. The van der Waals surface area contributed by atoms with Gasteiger partial charge in [-0.3, -0.25) is 0 Å². The van der Waals surface area contributed by atoms with Crippen molar-refractivity contribution in [3.05, 3.63) is 12.7 Å². The first-order valence-electron chi connectivity index (χ1n) is 9.47. The minimum absolute atomic E-state index is 0.0000630. The zero-order valence-corrected chi connectivity index (χ0v) is 17.3. The molecule has 1 unspecified atom stereocenters. The number of rotatable bonds is 16. The van der Waals surface area contributed by atoms with Crippen LogP contribution in [0.25, 0.3) is 0 Å². The topological polar surface area (TPSA) is 44.8 Å². The number of ether oxygens (including phenoxy) is 1. The van der Waals surface area contributed by atoms with Crippen LogP contribution in [0.4, 0.5) is 0 Å². The molecule has 1 atom stereocenters. The molecule has 0 spiro atoms. The molecule has 0 N–H and O–H groups in total. The third-order valence-corrected chi connectivity index (χ3v) is 8.37. The highest BCUT2D eigenvalue weighted by Gasteiger charge is 2.32. The number of esters is 1. The van der Waals surface area contributed by atoms with Gasteiger partial charge < -0.3 is 13.6 Å². The van der Waals surface area contributed by atoms with Crippen LogP contribution in [0.3, 0.4) is 0 Å². The molecule has 0 bridgehead atoms. The van der Waals surface area contributed by atoms with Crippen molar-refractivity contribution in [2.45, 2.75) is 89.8 Å². The molecule has 0 aromatic rings. The SMILES string of the molecule is C=CC(=O)OC(C)CCCCCCCCCC[Si](CC)(OC)OC. The lowest BCUT2D eigenvalue weighted by molar-refractivity contribution is -0.142. The Hall–Kier alpha value is -0.653. The Bertz CT molecular complexity index is 321. The maximum absolute atomic E-state index is 11.0. The zero-order valence-electron chi connectivity index (χ0n) is 16.3. The molecule has 0 aromatic heterocycles. The van der Waals surface area contributed by atoms with E-state index in [0.717, 1.165) is 24.9 Å². The summed E-state index contributed by atoms with van der Waals surface area (Å²) < 4.78 is 16.4. The summed E-state index contributed by atoms with van der Waals surface area (Å²) in [7, 11) is 1.71. The summed E-state index contributed by atoms with van der Waals surface area (Å²) in [4.78, 5) is 11.0. The van der Waals surface area contributed by atoms with Crippen LogP contribution in [0, 0.1) is 0 Å². The number of unbranched alkanes of at least 4 members (excludes halogenated alkanes) is 7. The summed E-state index contributed by atoms with van der Waals surface area (Å²) in [6.45, 7) is 7.52. The third kappa shape index (κ3) is 11.0. The van der Waals surface area contributed by atoms with Crippen LogP contribution in [0.15, 0.2) is 12.7 Å². The molecule has 24 heavy (non-hydrogen) atoms. The Labute approximate surface area is 150 Å². The maximum atomic E-state index is 11.0. The van der Waals surface area contributed by atoms with Gasteiger partial charge in [-0.2, -0.15) is 0 Å². The summed E-state index contributed by atoms with van der Waals surface area (Å²) in [5.74, 6) is -0.320. The minimum Gasteiger partial charge on any atom is -0.460 e. The van der Waals surface area contributed by atoms with E-state index in [0.29, 0.717) is 0 Å². The van der Waals surface area contributed by atoms with Crippen LogP contribution in [0.5, 0.6) is 0 Å². The van der Waals surface area contributed by atoms with E-state index in [9.17, 15) is 4.79 Å². The number of hydrogen-bond donors (Lipinski definition) is 0. The number of hydrogen-bond acceptors (Lipinski definition) is 4. The maximum Gasteiger partial charge on any atom is 0.337 e. The second-order valence-corrected chi connectivity index (χ2v) is 10.3. The van der Waals surface area contributed by atoms with Crippen LogP contribution in [-0.2, 0) is 18.4 Å². The molecular weight excluding hydrogens is 320 g/mol. The lowest BCUT2D eigenvalue weighted by Gasteiger charge is -2.25. The van der Waals surface area contributed by atoms with E-state index in [1.165, 1.54) is 51.0 Å². The van der Waals surface area contributed by atoms with Crippen LogP contribution in [0.1, 0.15) is 71.6 Å². The van der Waals surface area contributed by atoms with Gasteiger partial charge in [-0.1, -0.05) is 58.4 Å². The van der Waals surface area contributed by atoms with E-state index in [4.69, 9.17) is 13.6 Å². The van der Waals surface area contributed by atoms with E-state index < -0.39 is 8.56 Å². The van der Waals surface area contributed by atoms with E-state index in [2.05, 4.69) is 13.5 Å². The summed E-state index contributed by atoms with van der Waals surface area (Å²) in [5.41, 5.74) is 0.